The molecule has 1 aliphatic rings. The molecule has 1 N–H and O–H groups in total. The van der Waals surface area contributed by atoms with Crippen LogP contribution >= 0.6 is 23.2 Å². The molecule has 2 atom stereocenters. The van der Waals surface area contributed by atoms with E-state index in [4.69, 9.17) is 27.9 Å². The van der Waals surface area contributed by atoms with Crippen molar-refractivity contribution in [3.8, 4) is 0 Å². The third-order valence-corrected chi connectivity index (χ3v) is 5.06. The number of nitrogens with zero attached hydrogens (tertiary/aromatic N) is 1. The van der Waals surface area contributed by atoms with E-state index in [-0.39, 0.29) is 27.7 Å². The van der Waals surface area contributed by atoms with Crippen LogP contribution in [0.3, 0.4) is 0 Å². The lowest BCUT2D eigenvalue weighted by atomic mass is 9.87. The van der Waals surface area contributed by atoms with E-state index in [1.807, 2.05) is 18.2 Å². The molecule has 2 aromatic rings. The summed E-state index contributed by atoms with van der Waals surface area (Å²) >= 11 is 11.6. The van der Waals surface area contributed by atoms with Crippen LogP contribution in [0.5, 0.6) is 0 Å². The molecule has 0 aliphatic heterocycles. The molecule has 0 unspecified atom stereocenters. The molecule has 0 radical (unpaired) electrons. The average molecular weight is 393 g/mol. The number of halogens is 2. The Morgan fingerprint density at radius 1 is 1.31 bits per heavy atom. The number of pyridine rings is 1. The van der Waals surface area contributed by atoms with Gasteiger partial charge in [-0.25, -0.2) is 9.78 Å². The molecule has 0 saturated heterocycles. The Morgan fingerprint density at radius 2 is 2.08 bits per heavy atom. The van der Waals surface area contributed by atoms with Gasteiger partial charge in [-0.3, -0.25) is 4.79 Å². The Kier molecular flexibility index (Phi) is 5.79. The van der Waals surface area contributed by atoms with Gasteiger partial charge in [0.05, 0.1) is 16.6 Å². The number of nitrogens with one attached hydrogen (secondary N) is 1. The number of aryl methyl sites for hydroxylation is 1. The van der Waals surface area contributed by atoms with Crippen molar-refractivity contribution < 1.29 is 14.3 Å². The van der Waals surface area contributed by atoms with Crippen molar-refractivity contribution in [1.82, 2.24) is 10.3 Å². The minimum Gasteiger partial charge on any atom is -0.449 e. The van der Waals surface area contributed by atoms with Crippen LogP contribution in [-0.2, 0) is 16.0 Å². The number of esters is 1. The van der Waals surface area contributed by atoms with E-state index in [1.165, 1.54) is 24.8 Å². The van der Waals surface area contributed by atoms with Crippen LogP contribution in [-0.4, -0.2) is 23.0 Å². The minimum atomic E-state index is -0.939. The number of hydrogen-bond donors (Lipinski definition) is 1. The molecule has 1 aromatic carbocycles. The van der Waals surface area contributed by atoms with Gasteiger partial charge < -0.3 is 10.1 Å². The number of carbonyl (C=O) groups excluding carboxylic acids is 2. The van der Waals surface area contributed by atoms with Crippen LogP contribution in [0.1, 0.15) is 47.3 Å². The summed E-state index contributed by atoms with van der Waals surface area (Å²) in [5.74, 6) is -1.02. The minimum absolute atomic E-state index is 0.0692. The summed E-state index contributed by atoms with van der Waals surface area (Å²) in [5.41, 5.74) is 2.51. The maximum absolute atomic E-state index is 12.5. The van der Waals surface area contributed by atoms with Gasteiger partial charge in [0.25, 0.3) is 5.91 Å². The second-order valence-electron chi connectivity index (χ2n) is 6.20. The molecule has 1 heterocycles. The molecular formula is C19H18Cl2N2O3. The molecular weight excluding hydrogens is 375 g/mol. The first-order valence-corrected chi connectivity index (χ1v) is 9.11. The molecule has 26 heavy (non-hydrogen) atoms. The van der Waals surface area contributed by atoms with E-state index >= 15 is 0 Å². The van der Waals surface area contributed by atoms with Crippen LogP contribution in [0, 0.1) is 0 Å². The first kappa shape index (κ1) is 18.7. The number of benzene rings is 1. The Hall–Kier alpha value is -2.11. The molecule has 1 aliphatic carbocycles. The second kappa shape index (κ2) is 8.06. The molecule has 1 amide bonds. The van der Waals surface area contributed by atoms with Crippen LogP contribution in [0.4, 0.5) is 0 Å². The van der Waals surface area contributed by atoms with Crippen LogP contribution in [0.2, 0.25) is 10.2 Å². The first-order chi connectivity index (χ1) is 12.5. The van der Waals surface area contributed by atoms with Gasteiger partial charge in [0.1, 0.15) is 5.15 Å². The molecule has 5 nitrogen and oxygen atoms in total. The number of aromatic nitrogens is 1. The molecule has 136 valence electrons. The van der Waals surface area contributed by atoms with Gasteiger partial charge in [-0.15, -0.1) is 0 Å². The van der Waals surface area contributed by atoms with Gasteiger partial charge in [-0.1, -0.05) is 47.5 Å². The topological polar surface area (TPSA) is 68.3 Å². The first-order valence-electron chi connectivity index (χ1n) is 8.36. The van der Waals surface area contributed by atoms with E-state index in [0.29, 0.717) is 0 Å². The molecule has 1 aromatic heterocycles. The highest BCUT2D eigenvalue weighted by atomic mass is 35.5. The van der Waals surface area contributed by atoms with Crippen molar-refractivity contribution in [2.24, 2.45) is 0 Å². The number of hydrogen-bond acceptors (Lipinski definition) is 4. The Bertz CT molecular complexity index is 841. The molecule has 0 saturated carbocycles. The summed E-state index contributed by atoms with van der Waals surface area (Å²) in [6.45, 7) is 1.53. The number of rotatable bonds is 4. The summed E-state index contributed by atoms with van der Waals surface area (Å²) in [5, 5.41) is 3.23. The van der Waals surface area contributed by atoms with Gasteiger partial charge in [0.2, 0.25) is 0 Å². The van der Waals surface area contributed by atoms with Gasteiger partial charge in [-0.2, -0.15) is 0 Å². The van der Waals surface area contributed by atoms with Crippen molar-refractivity contribution in [2.75, 3.05) is 0 Å². The van der Waals surface area contributed by atoms with E-state index in [2.05, 4.69) is 16.4 Å². The highest BCUT2D eigenvalue weighted by Crippen LogP contribution is 2.29. The zero-order valence-electron chi connectivity index (χ0n) is 14.2. The lowest BCUT2D eigenvalue weighted by Crippen LogP contribution is -2.39. The van der Waals surface area contributed by atoms with Crippen molar-refractivity contribution >= 4 is 35.1 Å². The third-order valence-electron chi connectivity index (χ3n) is 4.37. The van der Waals surface area contributed by atoms with Gasteiger partial charge >= 0.3 is 5.97 Å². The van der Waals surface area contributed by atoms with Crippen molar-refractivity contribution in [1.29, 1.82) is 0 Å². The fraction of sp³-hybridized carbons (Fsp3) is 0.316. The zero-order valence-corrected chi connectivity index (χ0v) is 15.7. The van der Waals surface area contributed by atoms with Crippen molar-refractivity contribution in [2.45, 2.75) is 38.3 Å². The average Bonchev–Trinajstić information content (AvgIpc) is 2.64. The van der Waals surface area contributed by atoms with Gasteiger partial charge in [-0.05, 0) is 43.4 Å². The van der Waals surface area contributed by atoms with E-state index in [9.17, 15) is 9.59 Å². The van der Waals surface area contributed by atoms with Crippen LogP contribution in [0.15, 0.2) is 36.5 Å². The fourth-order valence-electron chi connectivity index (χ4n) is 3.01. The highest BCUT2D eigenvalue weighted by molar-refractivity contribution is 6.41. The SMILES string of the molecule is C[C@@H](OC(=O)c1cnc(Cl)c(Cl)c1)C(=O)N[C@@H]1CCCc2ccccc21. The highest BCUT2D eigenvalue weighted by Gasteiger charge is 2.25. The Balaban J connectivity index is 1.63. The number of amides is 1. The van der Waals surface area contributed by atoms with Crippen LogP contribution < -0.4 is 5.32 Å². The van der Waals surface area contributed by atoms with E-state index < -0.39 is 12.1 Å². The van der Waals surface area contributed by atoms with E-state index in [1.54, 1.807) is 0 Å². The van der Waals surface area contributed by atoms with E-state index in [0.717, 1.165) is 24.8 Å². The fourth-order valence-corrected chi connectivity index (χ4v) is 3.28. The molecule has 7 heteroatoms. The number of fused-ring (bicyclic) bond motifs is 1. The zero-order chi connectivity index (χ0) is 18.7. The monoisotopic (exact) mass is 392 g/mol. The molecule has 0 fully saturated rings. The van der Waals surface area contributed by atoms with Gasteiger partial charge in [0, 0.05) is 6.20 Å². The summed E-state index contributed by atoms with van der Waals surface area (Å²) < 4.78 is 5.23. The second-order valence-corrected chi connectivity index (χ2v) is 6.96. The van der Waals surface area contributed by atoms with Gasteiger partial charge in [0.15, 0.2) is 6.10 Å². The summed E-state index contributed by atoms with van der Waals surface area (Å²) in [6.07, 6.45) is 3.20. The largest absolute Gasteiger partial charge is 0.449 e. The molecule has 0 bridgehead atoms. The third kappa shape index (κ3) is 4.17. The predicted octanol–water partition coefficient (Wildman–Crippen LogP) is 4.13. The Labute approximate surface area is 161 Å². The molecule has 0 spiro atoms. The lowest BCUT2D eigenvalue weighted by molar-refractivity contribution is -0.130. The lowest BCUT2D eigenvalue weighted by Gasteiger charge is -2.27. The quantitative estimate of drug-likeness (QED) is 0.627. The Morgan fingerprint density at radius 3 is 2.85 bits per heavy atom. The summed E-state index contributed by atoms with van der Waals surface area (Å²) in [6, 6.07) is 9.36. The summed E-state index contributed by atoms with van der Waals surface area (Å²) in [7, 11) is 0. The predicted molar refractivity (Wildman–Crippen MR) is 99.4 cm³/mol. The smallest absolute Gasteiger partial charge is 0.340 e. The maximum atomic E-state index is 12.5. The normalized spacial score (nSPS) is 17.1. The number of carbonyl (C=O) groups is 2. The number of ether oxygens (including phenoxy) is 1. The van der Waals surface area contributed by atoms with Crippen molar-refractivity contribution in [3.63, 3.8) is 0 Å². The molecule has 3 rings (SSSR count). The summed E-state index contributed by atoms with van der Waals surface area (Å²) in [4.78, 5) is 28.4. The van der Waals surface area contributed by atoms with Crippen LogP contribution in [0.25, 0.3) is 0 Å². The van der Waals surface area contributed by atoms with Crippen molar-refractivity contribution in [3.05, 3.63) is 63.4 Å². The standard InChI is InChI=1S/C19H18Cl2N2O3/c1-11(26-19(25)13-9-15(20)17(21)22-10-13)18(24)23-16-8-4-6-12-5-2-3-7-14(12)16/h2-3,5,7,9-11,16H,4,6,8H2,1H3,(H,23,24)/t11-,16-/m1/s1. The maximum Gasteiger partial charge on any atom is 0.340 e.